The van der Waals surface area contributed by atoms with Gasteiger partial charge in [0.25, 0.3) is 5.91 Å². The quantitative estimate of drug-likeness (QED) is 0.824. The van der Waals surface area contributed by atoms with Crippen LogP contribution in [0.4, 0.5) is 0 Å². The van der Waals surface area contributed by atoms with Gasteiger partial charge in [0.05, 0.1) is 12.2 Å². The summed E-state index contributed by atoms with van der Waals surface area (Å²) in [5.74, 6) is -0.000810. The number of amides is 1. The molecule has 0 aliphatic heterocycles. The van der Waals surface area contributed by atoms with Gasteiger partial charge in [-0.2, -0.15) is 0 Å². The molecule has 2 rings (SSSR count). The van der Waals surface area contributed by atoms with E-state index in [0.717, 1.165) is 21.8 Å². The van der Waals surface area contributed by atoms with Crippen LogP contribution in [0, 0.1) is 0 Å². The molecule has 1 N–H and O–H groups in total. The Hall–Kier alpha value is -0.390. The highest BCUT2D eigenvalue weighted by molar-refractivity contribution is 9.11. The van der Waals surface area contributed by atoms with E-state index in [1.54, 1.807) is 0 Å². The molecule has 0 atom stereocenters. The van der Waals surface area contributed by atoms with Gasteiger partial charge in [0.2, 0.25) is 0 Å². The lowest BCUT2D eigenvalue weighted by molar-refractivity contribution is 0.0584. The van der Waals surface area contributed by atoms with E-state index in [1.165, 1.54) is 19.3 Å². The van der Waals surface area contributed by atoms with Gasteiger partial charge in [0.1, 0.15) is 0 Å². The van der Waals surface area contributed by atoms with Crippen LogP contribution in [0.15, 0.2) is 27.1 Å². The SMILES string of the molecule is O=C(c1cc(Br)ccc1Br)N(CCO)C1CCCCC1. The Labute approximate surface area is 136 Å². The van der Waals surface area contributed by atoms with Gasteiger partial charge in [-0.3, -0.25) is 4.79 Å². The molecule has 0 unspecified atom stereocenters. The lowest BCUT2D eigenvalue weighted by Gasteiger charge is -2.34. The number of nitrogens with zero attached hydrogens (tertiary/aromatic N) is 1. The lowest BCUT2D eigenvalue weighted by atomic mass is 9.93. The van der Waals surface area contributed by atoms with Crippen molar-refractivity contribution in [2.24, 2.45) is 0 Å². The average Bonchev–Trinajstić information content (AvgIpc) is 2.47. The molecule has 0 bridgehead atoms. The van der Waals surface area contributed by atoms with Gasteiger partial charge >= 0.3 is 0 Å². The smallest absolute Gasteiger partial charge is 0.255 e. The third-order valence-corrected chi connectivity index (χ3v) is 4.96. The molecule has 0 aromatic heterocycles. The summed E-state index contributed by atoms with van der Waals surface area (Å²) in [4.78, 5) is 14.6. The van der Waals surface area contributed by atoms with Crippen LogP contribution in [-0.4, -0.2) is 35.1 Å². The molecule has 1 fully saturated rings. The number of aliphatic hydroxyl groups is 1. The monoisotopic (exact) mass is 403 g/mol. The summed E-state index contributed by atoms with van der Waals surface area (Å²) in [5.41, 5.74) is 0.651. The van der Waals surface area contributed by atoms with Crippen molar-refractivity contribution in [2.75, 3.05) is 13.2 Å². The molecule has 1 aliphatic rings. The maximum absolute atomic E-state index is 12.8. The fraction of sp³-hybridized carbons (Fsp3) is 0.533. The number of hydrogen-bond donors (Lipinski definition) is 1. The molecule has 0 spiro atoms. The first kappa shape index (κ1) is 16.0. The highest BCUT2D eigenvalue weighted by atomic mass is 79.9. The predicted molar refractivity (Wildman–Crippen MR) is 86.8 cm³/mol. The first-order chi connectivity index (χ1) is 9.63. The molecule has 0 heterocycles. The minimum Gasteiger partial charge on any atom is -0.395 e. The zero-order valence-corrected chi connectivity index (χ0v) is 14.5. The van der Waals surface area contributed by atoms with Crippen molar-refractivity contribution in [3.05, 3.63) is 32.7 Å². The number of halogens is 2. The van der Waals surface area contributed by atoms with Gasteiger partial charge in [-0.15, -0.1) is 0 Å². The van der Waals surface area contributed by atoms with E-state index in [2.05, 4.69) is 31.9 Å². The Balaban J connectivity index is 2.23. The molecular weight excluding hydrogens is 386 g/mol. The van der Waals surface area contributed by atoms with Crippen LogP contribution in [0.2, 0.25) is 0 Å². The molecular formula is C15H19Br2NO2. The van der Waals surface area contributed by atoms with E-state index in [-0.39, 0.29) is 18.6 Å². The second-order valence-electron chi connectivity index (χ2n) is 5.14. The van der Waals surface area contributed by atoms with Crippen molar-refractivity contribution in [3.8, 4) is 0 Å². The van der Waals surface area contributed by atoms with Crippen LogP contribution >= 0.6 is 31.9 Å². The van der Waals surface area contributed by atoms with Gasteiger partial charge in [0, 0.05) is 21.5 Å². The normalized spacial score (nSPS) is 16.1. The molecule has 1 aromatic carbocycles. The maximum Gasteiger partial charge on any atom is 0.255 e. The molecule has 110 valence electrons. The highest BCUT2D eigenvalue weighted by Gasteiger charge is 2.26. The number of carbonyl (C=O) groups excluding carboxylic acids is 1. The minimum absolute atomic E-state index is 0.000810. The summed E-state index contributed by atoms with van der Waals surface area (Å²) in [5, 5.41) is 9.27. The van der Waals surface area contributed by atoms with Crippen molar-refractivity contribution in [2.45, 2.75) is 38.1 Å². The molecule has 0 saturated heterocycles. The Morgan fingerprint density at radius 2 is 1.95 bits per heavy atom. The predicted octanol–water partition coefficient (Wildman–Crippen LogP) is 3.98. The zero-order valence-electron chi connectivity index (χ0n) is 11.3. The van der Waals surface area contributed by atoms with Crippen molar-refractivity contribution in [1.29, 1.82) is 0 Å². The van der Waals surface area contributed by atoms with Crippen molar-refractivity contribution in [3.63, 3.8) is 0 Å². The van der Waals surface area contributed by atoms with Crippen LogP contribution in [0.25, 0.3) is 0 Å². The van der Waals surface area contributed by atoms with Crippen LogP contribution in [0.5, 0.6) is 0 Å². The molecule has 3 nitrogen and oxygen atoms in total. The van der Waals surface area contributed by atoms with Crippen molar-refractivity contribution in [1.82, 2.24) is 4.90 Å². The third-order valence-electron chi connectivity index (χ3n) is 3.78. The minimum atomic E-state index is -0.000810. The topological polar surface area (TPSA) is 40.5 Å². The van der Waals surface area contributed by atoms with E-state index in [1.807, 2.05) is 23.1 Å². The van der Waals surface area contributed by atoms with Crippen molar-refractivity contribution >= 4 is 37.8 Å². The summed E-state index contributed by atoms with van der Waals surface area (Å²) in [7, 11) is 0. The molecule has 1 aromatic rings. The van der Waals surface area contributed by atoms with Gasteiger partial charge in [-0.05, 0) is 47.0 Å². The molecule has 0 radical (unpaired) electrons. The number of carbonyl (C=O) groups is 1. The van der Waals surface area contributed by atoms with E-state index in [4.69, 9.17) is 0 Å². The average molecular weight is 405 g/mol. The van der Waals surface area contributed by atoms with E-state index in [0.29, 0.717) is 12.1 Å². The summed E-state index contributed by atoms with van der Waals surface area (Å²) < 4.78 is 1.68. The Morgan fingerprint density at radius 1 is 1.25 bits per heavy atom. The van der Waals surface area contributed by atoms with Crippen LogP contribution < -0.4 is 0 Å². The number of hydrogen-bond acceptors (Lipinski definition) is 2. The molecule has 20 heavy (non-hydrogen) atoms. The number of rotatable bonds is 4. The van der Waals surface area contributed by atoms with Gasteiger partial charge < -0.3 is 10.0 Å². The summed E-state index contributed by atoms with van der Waals surface area (Å²) in [6.45, 7) is 0.413. The second kappa shape index (κ2) is 7.57. The molecule has 1 aliphatic carbocycles. The van der Waals surface area contributed by atoms with Crippen LogP contribution in [-0.2, 0) is 0 Å². The van der Waals surface area contributed by atoms with E-state index in [9.17, 15) is 9.90 Å². The molecule has 1 saturated carbocycles. The van der Waals surface area contributed by atoms with Gasteiger partial charge in [-0.25, -0.2) is 0 Å². The van der Waals surface area contributed by atoms with E-state index >= 15 is 0 Å². The second-order valence-corrected chi connectivity index (χ2v) is 6.91. The first-order valence-corrected chi connectivity index (χ1v) is 8.59. The van der Waals surface area contributed by atoms with Gasteiger partial charge in [0.15, 0.2) is 0 Å². The first-order valence-electron chi connectivity index (χ1n) is 7.00. The summed E-state index contributed by atoms with van der Waals surface area (Å²) in [6, 6.07) is 5.86. The Bertz CT molecular complexity index is 473. The fourth-order valence-corrected chi connectivity index (χ4v) is 3.54. The lowest BCUT2D eigenvalue weighted by Crippen LogP contribution is -2.43. The number of benzene rings is 1. The summed E-state index contributed by atoms with van der Waals surface area (Å²) >= 11 is 6.85. The maximum atomic E-state index is 12.8. The Kier molecular flexibility index (Phi) is 6.05. The van der Waals surface area contributed by atoms with Crippen molar-refractivity contribution < 1.29 is 9.90 Å². The highest BCUT2D eigenvalue weighted by Crippen LogP contribution is 2.27. The zero-order chi connectivity index (χ0) is 14.5. The third kappa shape index (κ3) is 3.83. The largest absolute Gasteiger partial charge is 0.395 e. The molecule has 5 heteroatoms. The number of aliphatic hydroxyl groups excluding tert-OH is 1. The van der Waals surface area contributed by atoms with Crippen LogP contribution in [0.3, 0.4) is 0 Å². The van der Waals surface area contributed by atoms with Gasteiger partial charge in [-0.1, -0.05) is 35.2 Å². The summed E-state index contributed by atoms with van der Waals surface area (Å²) in [6.07, 6.45) is 5.66. The molecule has 1 amide bonds. The fourth-order valence-electron chi connectivity index (χ4n) is 2.77. The standard InChI is InChI=1S/C15H19Br2NO2/c16-11-6-7-14(17)13(10-11)15(20)18(8-9-19)12-4-2-1-3-5-12/h6-7,10,12,19H,1-5,8-9H2. The van der Waals surface area contributed by atoms with Crippen LogP contribution in [0.1, 0.15) is 42.5 Å². The Morgan fingerprint density at radius 3 is 2.60 bits per heavy atom. The van der Waals surface area contributed by atoms with E-state index < -0.39 is 0 Å².